The number of fused-ring (bicyclic) bond motifs is 1. The first-order valence-corrected chi connectivity index (χ1v) is 9.36. The SMILES string of the molecule is Cn1c(CCC(=O)OCC(=O)Nc2ccc(C#N)c(Cl)c2)nc2ccccc2c1=O. The summed E-state index contributed by atoms with van der Waals surface area (Å²) in [6, 6.07) is 13.3. The summed E-state index contributed by atoms with van der Waals surface area (Å²) in [4.78, 5) is 40.7. The summed E-state index contributed by atoms with van der Waals surface area (Å²) < 4.78 is 6.38. The van der Waals surface area contributed by atoms with Gasteiger partial charge in [0.2, 0.25) is 0 Å². The number of carbonyl (C=O) groups is 2. The fourth-order valence-electron chi connectivity index (χ4n) is 2.80. The quantitative estimate of drug-likeness (QED) is 0.608. The predicted octanol–water partition coefficient (Wildman–Crippen LogP) is 2.57. The van der Waals surface area contributed by atoms with Crippen LogP contribution in [0.1, 0.15) is 17.8 Å². The number of nitrogens with one attached hydrogen (secondary N) is 1. The monoisotopic (exact) mass is 424 g/mol. The van der Waals surface area contributed by atoms with E-state index in [0.717, 1.165) is 0 Å². The fraction of sp³-hybridized carbons (Fsp3) is 0.190. The molecule has 0 saturated heterocycles. The summed E-state index contributed by atoms with van der Waals surface area (Å²) in [7, 11) is 1.60. The van der Waals surface area contributed by atoms with Gasteiger partial charge in [0, 0.05) is 19.2 Å². The predicted molar refractivity (Wildman–Crippen MR) is 111 cm³/mol. The van der Waals surface area contributed by atoms with Crippen molar-refractivity contribution < 1.29 is 14.3 Å². The smallest absolute Gasteiger partial charge is 0.306 e. The van der Waals surface area contributed by atoms with Crippen LogP contribution in [-0.4, -0.2) is 28.0 Å². The number of ether oxygens (including phenoxy) is 1. The van der Waals surface area contributed by atoms with E-state index in [1.807, 2.05) is 6.07 Å². The molecule has 0 aliphatic heterocycles. The van der Waals surface area contributed by atoms with Crippen molar-refractivity contribution in [2.45, 2.75) is 12.8 Å². The first-order chi connectivity index (χ1) is 14.4. The number of hydrogen-bond acceptors (Lipinski definition) is 6. The van der Waals surface area contributed by atoms with Gasteiger partial charge in [-0.25, -0.2) is 4.98 Å². The first-order valence-electron chi connectivity index (χ1n) is 8.99. The highest BCUT2D eigenvalue weighted by Crippen LogP contribution is 2.20. The van der Waals surface area contributed by atoms with Gasteiger partial charge in [-0.2, -0.15) is 5.26 Å². The molecule has 0 saturated carbocycles. The minimum Gasteiger partial charge on any atom is -0.456 e. The van der Waals surface area contributed by atoms with Crippen LogP contribution in [0.5, 0.6) is 0 Å². The standard InChI is InChI=1S/C21H17ClN4O4/c1-26-18(25-17-5-3-2-4-15(17)21(26)29)8-9-20(28)30-12-19(27)24-14-7-6-13(11-23)16(22)10-14/h2-7,10H,8-9,12H2,1H3,(H,24,27). The average molecular weight is 425 g/mol. The maximum atomic E-state index is 12.4. The van der Waals surface area contributed by atoms with Gasteiger partial charge in [0.1, 0.15) is 11.9 Å². The number of hydrogen-bond donors (Lipinski definition) is 1. The molecule has 0 radical (unpaired) electrons. The molecule has 0 aliphatic carbocycles. The molecule has 0 atom stereocenters. The lowest BCUT2D eigenvalue weighted by molar-refractivity contribution is -0.147. The molecule has 9 heteroatoms. The third-order valence-corrected chi connectivity index (χ3v) is 4.68. The summed E-state index contributed by atoms with van der Waals surface area (Å²) in [5.74, 6) is -0.682. The van der Waals surface area contributed by atoms with E-state index in [0.29, 0.717) is 22.4 Å². The van der Waals surface area contributed by atoms with Crippen LogP contribution in [0.25, 0.3) is 10.9 Å². The fourth-order valence-corrected chi connectivity index (χ4v) is 3.02. The largest absolute Gasteiger partial charge is 0.456 e. The Labute approximate surface area is 176 Å². The van der Waals surface area contributed by atoms with Crippen LogP contribution in [0.15, 0.2) is 47.3 Å². The van der Waals surface area contributed by atoms with Gasteiger partial charge in [-0.3, -0.25) is 19.0 Å². The van der Waals surface area contributed by atoms with Gasteiger partial charge >= 0.3 is 5.97 Å². The van der Waals surface area contributed by atoms with Crippen LogP contribution in [0, 0.1) is 11.3 Å². The van der Waals surface area contributed by atoms with Gasteiger partial charge < -0.3 is 10.1 Å². The van der Waals surface area contributed by atoms with E-state index in [1.54, 1.807) is 31.3 Å². The normalized spacial score (nSPS) is 10.4. The summed E-state index contributed by atoms with van der Waals surface area (Å²) in [6.45, 7) is -0.472. The molecule has 30 heavy (non-hydrogen) atoms. The maximum Gasteiger partial charge on any atom is 0.306 e. The van der Waals surface area contributed by atoms with Crippen LogP contribution in [0.4, 0.5) is 5.69 Å². The van der Waals surface area contributed by atoms with Gasteiger partial charge in [-0.15, -0.1) is 0 Å². The molecular weight excluding hydrogens is 408 g/mol. The zero-order chi connectivity index (χ0) is 21.7. The molecule has 3 aromatic rings. The van der Waals surface area contributed by atoms with Crippen LogP contribution in [-0.2, 0) is 27.8 Å². The van der Waals surface area contributed by atoms with E-state index < -0.39 is 18.5 Å². The molecule has 1 heterocycles. The lowest BCUT2D eigenvalue weighted by atomic mass is 10.2. The van der Waals surface area contributed by atoms with Gasteiger partial charge in [0.05, 0.1) is 27.9 Å². The number of halogens is 1. The number of nitriles is 1. The number of aryl methyl sites for hydroxylation is 1. The molecule has 0 spiro atoms. The molecule has 0 unspecified atom stereocenters. The number of nitrogens with zero attached hydrogens (tertiary/aromatic N) is 3. The molecule has 1 N–H and O–H groups in total. The van der Waals surface area contributed by atoms with Crippen LogP contribution < -0.4 is 10.9 Å². The van der Waals surface area contributed by atoms with Crippen molar-refractivity contribution in [1.82, 2.24) is 9.55 Å². The highest BCUT2D eigenvalue weighted by Gasteiger charge is 2.12. The summed E-state index contributed by atoms with van der Waals surface area (Å²) >= 11 is 5.91. The number of esters is 1. The van der Waals surface area contributed by atoms with Crippen LogP contribution >= 0.6 is 11.6 Å². The average Bonchev–Trinajstić information content (AvgIpc) is 2.74. The van der Waals surface area contributed by atoms with Crippen molar-refractivity contribution >= 4 is 40.1 Å². The number of amides is 1. The number of anilines is 1. The van der Waals surface area contributed by atoms with E-state index >= 15 is 0 Å². The van der Waals surface area contributed by atoms with Crippen molar-refractivity contribution in [3.63, 3.8) is 0 Å². The zero-order valence-electron chi connectivity index (χ0n) is 16.0. The third kappa shape index (κ3) is 4.82. The van der Waals surface area contributed by atoms with Crippen molar-refractivity contribution in [1.29, 1.82) is 5.26 Å². The summed E-state index contributed by atoms with van der Waals surface area (Å²) in [5.41, 5.74) is 1.04. The van der Waals surface area contributed by atoms with E-state index in [-0.39, 0.29) is 29.0 Å². The van der Waals surface area contributed by atoms with E-state index in [2.05, 4.69) is 10.3 Å². The number of rotatable bonds is 6. The van der Waals surface area contributed by atoms with Crippen LogP contribution in [0.2, 0.25) is 5.02 Å². The number of benzene rings is 2. The minimum atomic E-state index is -0.592. The lowest BCUT2D eigenvalue weighted by Gasteiger charge is -2.10. The highest BCUT2D eigenvalue weighted by molar-refractivity contribution is 6.32. The van der Waals surface area contributed by atoms with Crippen molar-refractivity contribution in [2.24, 2.45) is 7.05 Å². The van der Waals surface area contributed by atoms with Crippen molar-refractivity contribution in [3.8, 4) is 6.07 Å². The molecule has 0 aliphatic rings. The molecule has 1 amide bonds. The molecule has 8 nitrogen and oxygen atoms in total. The Morgan fingerprint density at radius 1 is 1.27 bits per heavy atom. The summed E-state index contributed by atoms with van der Waals surface area (Å²) in [6.07, 6.45) is 0.164. The maximum absolute atomic E-state index is 12.4. The van der Waals surface area contributed by atoms with E-state index in [9.17, 15) is 14.4 Å². The molecule has 152 valence electrons. The van der Waals surface area contributed by atoms with Crippen molar-refractivity contribution in [3.05, 3.63) is 69.2 Å². The molecular formula is C21H17ClN4O4. The number of para-hydroxylation sites is 1. The van der Waals surface area contributed by atoms with E-state index in [1.165, 1.54) is 22.8 Å². The summed E-state index contributed by atoms with van der Waals surface area (Å²) in [5, 5.41) is 12.1. The van der Waals surface area contributed by atoms with Crippen LogP contribution in [0.3, 0.4) is 0 Å². The van der Waals surface area contributed by atoms with Gasteiger partial charge in [0.15, 0.2) is 6.61 Å². The second-order valence-corrected chi connectivity index (χ2v) is 6.83. The van der Waals surface area contributed by atoms with Crippen molar-refractivity contribution in [2.75, 3.05) is 11.9 Å². The molecule has 3 rings (SSSR count). The van der Waals surface area contributed by atoms with Gasteiger partial charge in [0.25, 0.3) is 11.5 Å². The lowest BCUT2D eigenvalue weighted by Crippen LogP contribution is -2.24. The Bertz CT molecular complexity index is 1230. The Kier molecular flexibility index (Phi) is 6.45. The van der Waals surface area contributed by atoms with E-state index in [4.69, 9.17) is 21.6 Å². The Hall–Kier alpha value is -3.70. The molecule has 1 aromatic heterocycles. The Morgan fingerprint density at radius 2 is 2.03 bits per heavy atom. The molecule has 0 fully saturated rings. The molecule has 0 bridgehead atoms. The molecule has 2 aromatic carbocycles. The Morgan fingerprint density at radius 3 is 2.77 bits per heavy atom. The second kappa shape index (κ2) is 9.20. The third-order valence-electron chi connectivity index (χ3n) is 4.37. The minimum absolute atomic E-state index is 0.0331. The van der Waals surface area contributed by atoms with Gasteiger partial charge in [-0.05, 0) is 30.3 Å². The Balaban J connectivity index is 1.54. The zero-order valence-corrected chi connectivity index (χ0v) is 16.8. The first kappa shape index (κ1) is 21.0. The number of aromatic nitrogens is 2. The van der Waals surface area contributed by atoms with Gasteiger partial charge in [-0.1, -0.05) is 23.7 Å². The highest BCUT2D eigenvalue weighted by atomic mass is 35.5. The topological polar surface area (TPSA) is 114 Å². The second-order valence-electron chi connectivity index (χ2n) is 6.42. The number of carbonyl (C=O) groups excluding carboxylic acids is 2.